The lowest BCUT2D eigenvalue weighted by molar-refractivity contribution is -0.139. The van der Waals surface area contributed by atoms with Crippen molar-refractivity contribution >= 4 is 11.9 Å². The van der Waals surface area contributed by atoms with E-state index in [2.05, 4.69) is 24.1 Å². The average Bonchev–Trinajstić information content (AvgIpc) is 2.70. The summed E-state index contributed by atoms with van der Waals surface area (Å²) in [5.74, 6) is -0.872. The number of benzene rings is 2. The van der Waals surface area contributed by atoms with Gasteiger partial charge in [-0.25, -0.2) is 4.79 Å². The minimum atomic E-state index is -1.11. The van der Waals surface area contributed by atoms with Crippen LogP contribution in [0.3, 0.4) is 0 Å². The molecule has 6 heteroatoms. The van der Waals surface area contributed by atoms with Crippen LogP contribution in [0.15, 0.2) is 54.6 Å². The molecule has 6 nitrogen and oxygen atoms in total. The molecular weight excluding hydrogens is 344 g/mol. The molecule has 144 valence electrons. The minimum absolute atomic E-state index is 0.383. The molecule has 0 unspecified atom stereocenters. The van der Waals surface area contributed by atoms with E-state index in [4.69, 9.17) is 4.74 Å². The Morgan fingerprint density at radius 3 is 2.22 bits per heavy atom. The van der Waals surface area contributed by atoms with Crippen LogP contribution in [-0.2, 0) is 4.79 Å². The molecule has 0 saturated carbocycles. The summed E-state index contributed by atoms with van der Waals surface area (Å²) in [5, 5.41) is 12.0. The molecule has 0 saturated heterocycles. The summed E-state index contributed by atoms with van der Waals surface area (Å²) in [6, 6.07) is 14.2. The molecule has 0 aromatic heterocycles. The smallest absolute Gasteiger partial charge is 0.330 e. The number of hydrogen-bond donors (Lipinski definition) is 2. The molecule has 0 aliphatic carbocycles. The predicted octanol–water partition coefficient (Wildman–Crippen LogP) is 2.96. The van der Waals surface area contributed by atoms with E-state index in [0.29, 0.717) is 23.5 Å². The Bertz CT molecular complexity index is 728. The highest BCUT2D eigenvalue weighted by Gasteiger charge is 2.22. The Balaban J connectivity index is 1.95. The van der Waals surface area contributed by atoms with Crippen molar-refractivity contribution in [2.75, 3.05) is 26.2 Å². The molecule has 0 aliphatic heterocycles. The fraction of sp³-hybridized carbons (Fsp3) is 0.333. The van der Waals surface area contributed by atoms with Crippen LogP contribution >= 0.6 is 0 Å². The summed E-state index contributed by atoms with van der Waals surface area (Å²) in [4.78, 5) is 26.2. The monoisotopic (exact) mass is 370 g/mol. The Kier molecular flexibility index (Phi) is 7.82. The lowest BCUT2D eigenvalue weighted by Gasteiger charge is -2.18. The molecule has 0 heterocycles. The third kappa shape index (κ3) is 6.11. The normalized spacial score (nSPS) is 11.8. The van der Waals surface area contributed by atoms with Gasteiger partial charge in [-0.3, -0.25) is 4.79 Å². The molecule has 2 aromatic carbocycles. The molecule has 2 rings (SSSR count). The van der Waals surface area contributed by atoms with Gasteiger partial charge in [-0.05, 0) is 42.9 Å². The SMILES string of the molecule is CCN(CC)CCOc1ccc(C(=O)N[C@H](C(=O)O)c2ccccc2)cc1. The Morgan fingerprint density at radius 2 is 1.67 bits per heavy atom. The molecule has 1 amide bonds. The minimum Gasteiger partial charge on any atom is -0.492 e. The number of carbonyl (C=O) groups is 2. The number of carboxylic acids is 1. The molecular formula is C21H26N2O4. The van der Waals surface area contributed by atoms with Crippen LogP contribution < -0.4 is 10.1 Å². The number of ether oxygens (including phenoxy) is 1. The van der Waals surface area contributed by atoms with E-state index in [1.54, 1.807) is 54.6 Å². The second kappa shape index (κ2) is 10.3. The zero-order valence-corrected chi connectivity index (χ0v) is 15.7. The third-order valence-corrected chi connectivity index (χ3v) is 4.34. The Hall–Kier alpha value is -2.86. The highest BCUT2D eigenvalue weighted by Crippen LogP contribution is 2.16. The van der Waals surface area contributed by atoms with Crippen molar-refractivity contribution in [1.29, 1.82) is 0 Å². The summed E-state index contributed by atoms with van der Waals surface area (Å²) in [6.07, 6.45) is 0. The van der Waals surface area contributed by atoms with Crippen molar-refractivity contribution in [2.45, 2.75) is 19.9 Å². The lowest BCUT2D eigenvalue weighted by Crippen LogP contribution is -2.33. The number of nitrogens with zero attached hydrogens (tertiary/aromatic N) is 1. The van der Waals surface area contributed by atoms with Crippen LogP contribution in [0.1, 0.15) is 35.8 Å². The molecule has 0 radical (unpaired) electrons. The number of carbonyl (C=O) groups excluding carboxylic acids is 1. The second-order valence-corrected chi connectivity index (χ2v) is 6.06. The second-order valence-electron chi connectivity index (χ2n) is 6.06. The van der Waals surface area contributed by atoms with Gasteiger partial charge in [0.15, 0.2) is 6.04 Å². The summed E-state index contributed by atoms with van der Waals surface area (Å²) >= 11 is 0. The standard InChI is InChI=1S/C21H26N2O4/c1-3-23(4-2)14-15-27-18-12-10-17(11-13-18)20(24)22-19(21(25)26)16-8-6-5-7-9-16/h5-13,19H,3-4,14-15H2,1-2H3,(H,22,24)(H,25,26)/t19-/m0/s1. The van der Waals surface area contributed by atoms with Crippen molar-refractivity contribution in [2.24, 2.45) is 0 Å². The van der Waals surface area contributed by atoms with E-state index < -0.39 is 17.9 Å². The van der Waals surface area contributed by atoms with E-state index in [0.717, 1.165) is 19.6 Å². The van der Waals surface area contributed by atoms with Gasteiger partial charge in [0.1, 0.15) is 12.4 Å². The predicted molar refractivity (Wildman–Crippen MR) is 104 cm³/mol. The van der Waals surface area contributed by atoms with Crippen LogP contribution in [0, 0.1) is 0 Å². The summed E-state index contributed by atoms with van der Waals surface area (Å²) < 4.78 is 5.70. The molecule has 0 bridgehead atoms. The zero-order chi connectivity index (χ0) is 19.6. The molecule has 1 atom stereocenters. The first-order chi connectivity index (χ1) is 13.0. The van der Waals surface area contributed by atoms with Gasteiger partial charge in [0, 0.05) is 12.1 Å². The largest absolute Gasteiger partial charge is 0.492 e. The maximum atomic E-state index is 12.4. The van der Waals surface area contributed by atoms with Gasteiger partial charge >= 0.3 is 5.97 Å². The zero-order valence-electron chi connectivity index (χ0n) is 15.7. The lowest BCUT2D eigenvalue weighted by atomic mass is 10.1. The first-order valence-electron chi connectivity index (χ1n) is 9.09. The Morgan fingerprint density at radius 1 is 1.04 bits per heavy atom. The first kappa shape index (κ1) is 20.5. The van der Waals surface area contributed by atoms with Crippen molar-refractivity contribution in [1.82, 2.24) is 10.2 Å². The Labute approximate surface area is 159 Å². The van der Waals surface area contributed by atoms with E-state index in [9.17, 15) is 14.7 Å². The van der Waals surface area contributed by atoms with Gasteiger partial charge in [-0.2, -0.15) is 0 Å². The summed E-state index contributed by atoms with van der Waals surface area (Å²) in [6.45, 7) is 7.58. The summed E-state index contributed by atoms with van der Waals surface area (Å²) in [7, 11) is 0. The highest BCUT2D eigenvalue weighted by atomic mass is 16.5. The van der Waals surface area contributed by atoms with Crippen molar-refractivity contribution < 1.29 is 19.4 Å². The average molecular weight is 370 g/mol. The van der Waals surface area contributed by atoms with Crippen molar-refractivity contribution in [3.8, 4) is 5.75 Å². The van der Waals surface area contributed by atoms with Gasteiger partial charge in [0.25, 0.3) is 5.91 Å². The first-order valence-corrected chi connectivity index (χ1v) is 9.09. The molecule has 0 fully saturated rings. The van der Waals surface area contributed by atoms with Crippen LogP contribution in [0.5, 0.6) is 5.75 Å². The molecule has 2 N–H and O–H groups in total. The van der Waals surface area contributed by atoms with E-state index in [1.165, 1.54) is 0 Å². The van der Waals surface area contributed by atoms with Gasteiger partial charge in [-0.15, -0.1) is 0 Å². The molecule has 27 heavy (non-hydrogen) atoms. The topological polar surface area (TPSA) is 78.9 Å². The van der Waals surface area contributed by atoms with Gasteiger partial charge in [-0.1, -0.05) is 44.2 Å². The van der Waals surface area contributed by atoms with Gasteiger partial charge < -0.3 is 20.1 Å². The number of amides is 1. The van der Waals surface area contributed by atoms with Crippen LogP contribution in [0.4, 0.5) is 0 Å². The molecule has 0 spiro atoms. The number of hydrogen-bond acceptors (Lipinski definition) is 4. The van der Waals surface area contributed by atoms with Crippen LogP contribution in [-0.4, -0.2) is 48.1 Å². The van der Waals surface area contributed by atoms with Crippen LogP contribution in [0.2, 0.25) is 0 Å². The fourth-order valence-corrected chi connectivity index (χ4v) is 2.68. The van der Waals surface area contributed by atoms with Gasteiger partial charge in [0.2, 0.25) is 0 Å². The number of likely N-dealkylation sites (N-methyl/N-ethyl adjacent to an activating group) is 1. The number of nitrogens with one attached hydrogen (secondary N) is 1. The number of rotatable bonds is 10. The highest BCUT2D eigenvalue weighted by molar-refractivity contribution is 5.96. The maximum Gasteiger partial charge on any atom is 0.330 e. The van der Waals surface area contributed by atoms with E-state index in [1.807, 2.05) is 0 Å². The quantitative estimate of drug-likeness (QED) is 0.672. The molecule has 0 aliphatic rings. The fourth-order valence-electron chi connectivity index (χ4n) is 2.68. The number of aliphatic carboxylic acids is 1. The van der Waals surface area contributed by atoms with Crippen molar-refractivity contribution in [3.63, 3.8) is 0 Å². The molecule has 2 aromatic rings. The van der Waals surface area contributed by atoms with E-state index in [-0.39, 0.29) is 0 Å². The third-order valence-electron chi connectivity index (χ3n) is 4.34. The van der Waals surface area contributed by atoms with E-state index >= 15 is 0 Å². The van der Waals surface area contributed by atoms with Gasteiger partial charge in [0.05, 0.1) is 0 Å². The number of carboxylic acid groups (broad SMARTS) is 1. The van der Waals surface area contributed by atoms with Crippen molar-refractivity contribution in [3.05, 3.63) is 65.7 Å². The summed E-state index contributed by atoms with van der Waals surface area (Å²) in [5.41, 5.74) is 0.906. The van der Waals surface area contributed by atoms with Crippen LogP contribution in [0.25, 0.3) is 0 Å². The maximum absolute atomic E-state index is 12.4.